The number of aryl methyl sites for hydroxylation is 1. The van der Waals surface area contributed by atoms with Crippen LogP contribution in [0.2, 0.25) is 0 Å². The molecule has 0 bridgehead atoms. The highest BCUT2D eigenvalue weighted by Crippen LogP contribution is 2.27. The highest BCUT2D eigenvalue weighted by molar-refractivity contribution is 5.99. The summed E-state index contributed by atoms with van der Waals surface area (Å²) < 4.78 is 6.87. The quantitative estimate of drug-likeness (QED) is 0.631. The van der Waals surface area contributed by atoms with E-state index in [9.17, 15) is 9.59 Å². The van der Waals surface area contributed by atoms with Gasteiger partial charge in [-0.2, -0.15) is 5.10 Å². The molecule has 32 heavy (non-hydrogen) atoms. The standard InChI is InChI=1S/C25H30N4O3/c1-17-9-7-8-10-20(17)29-22(15-21(27-29)25(2,3)4)26-23(30)16-28(5)24(31)18-11-13-19(32-6)14-12-18/h7-15H,16H2,1-6H3,(H,26,30). The summed E-state index contributed by atoms with van der Waals surface area (Å²) in [6.45, 7) is 8.13. The van der Waals surface area contributed by atoms with Crippen LogP contribution < -0.4 is 10.1 Å². The Bertz CT molecular complexity index is 1110. The zero-order valence-corrected chi connectivity index (χ0v) is 19.5. The minimum absolute atomic E-state index is 0.0886. The Morgan fingerprint density at radius 2 is 1.75 bits per heavy atom. The Hall–Kier alpha value is -3.61. The van der Waals surface area contributed by atoms with Gasteiger partial charge in [-0.1, -0.05) is 39.0 Å². The smallest absolute Gasteiger partial charge is 0.254 e. The average Bonchev–Trinajstić information content (AvgIpc) is 3.17. The van der Waals surface area contributed by atoms with Gasteiger partial charge in [0.15, 0.2) is 0 Å². The first-order valence-corrected chi connectivity index (χ1v) is 10.5. The molecule has 1 aromatic heterocycles. The second-order valence-electron chi connectivity index (χ2n) is 8.80. The molecule has 0 radical (unpaired) electrons. The van der Waals surface area contributed by atoms with Crippen molar-refractivity contribution in [3.8, 4) is 11.4 Å². The van der Waals surface area contributed by atoms with Gasteiger partial charge in [-0.25, -0.2) is 4.68 Å². The van der Waals surface area contributed by atoms with Gasteiger partial charge in [-0.3, -0.25) is 9.59 Å². The lowest BCUT2D eigenvalue weighted by molar-refractivity contribution is -0.116. The maximum atomic E-state index is 12.8. The van der Waals surface area contributed by atoms with Gasteiger partial charge in [-0.05, 0) is 42.8 Å². The number of nitrogens with one attached hydrogen (secondary N) is 1. The third-order valence-electron chi connectivity index (χ3n) is 5.15. The van der Waals surface area contributed by atoms with Crippen LogP contribution in [0, 0.1) is 6.92 Å². The zero-order chi connectivity index (χ0) is 23.5. The van der Waals surface area contributed by atoms with E-state index >= 15 is 0 Å². The van der Waals surface area contributed by atoms with Crippen LogP contribution >= 0.6 is 0 Å². The molecule has 2 aromatic carbocycles. The highest BCUT2D eigenvalue weighted by atomic mass is 16.5. The predicted octanol–water partition coefficient (Wildman–Crippen LogP) is 4.20. The summed E-state index contributed by atoms with van der Waals surface area (Å²) in [5, 5.41) is 7.69. The number of ether oxygens (including phenoxy) is 1. The SMILES string of the molecule is COc1ccc(C(=O)N(C)CC(=O)Nc2cc(C(C)(C)C)nn2-c2ccccc2C)cc1. The van der Waals surface area contributed by atoms with Crippen molar-refractivity contribution < 1.29 is 14.3 Å². The lowest BCUT2D eigenvalue weighted by atomic mass is 9.92. The van der Waals surface area contributed by atoms with Crippen LogP contribution in [-0.4, -0.2) is 47.2 Å². The van der Waals surface area contributed by atoms with Crippen LogP contribution in [0.3, 0.4) is 0 Å². The average molecular weight is 435 g/mol. The van der Waals surface area contributed by atoms with Crippen LogP contribution in [0.15, 0.2) is 54.6 Å². The van der Waals surface area contributed by atoms with E-state index in [-0.39, 0.29) is 23.8 Å². The maximum Gasteiger partial charge on any atom is 0.254 e. The number of carbonyl (C=O) groups excluding carboxylic acids is 2. The van der Waals surface area contributed by atoms with Gasteiger partial charge < -0.3 is 15.0 Å². The summed E-state index contributed by atoms with van der Waals surface area (Å²) >= 11 is 0. The van der Waals surface area contributed by atoms with Gasteiger partial charge in [0.05, 0.1) is 25.0 Å². The van der Waals surface area contributed by atoms with Crippen molar-refractivity contribution in [2.75, 3.05) is 26.0 Å². The molecule has 0 aliphatic heterocycles. The summed E-state index contributed by atoms with van der Waals surface area (Å²) in [5.41, 5.74) is 3.09. The van der Waals surface area contributed by atoms with Crippen molar-refractivity contribution in [3.63, 3.8) is 0 Å². The molecule has 0 aliphatic carbocycles. The van der Waals surface area contributed by atoms with E-state index in [1.165, 1.54) is 4.90 Å². The molecule has 1 N–H and O–H groups in total. The van der Waals surface area contributed by atoms with E-state index in [0.717, 1.165) is 16.9 Å². The molecule has 3 rings (SSSR count). The fourth-order valence-corrected chi connectivity index (χ4v) is 3.24. The number of likely N-dealkylation sites (N-methyl/N-ethyl adjacent to an activating group) is 1. The highest BCUT2D eigenvalue weighted by Gasteiger charge is 2.23. The van der Waals surface area contributed by atoms with Crippen LogP contribution in [0.5, 0.6) is 5.75 Å². The van der Waals surface area contributed by atoms with Gasteiger partial charge in [-0.15, -0.1) is 0 Å². The van der Waals surface area contributed by atoms with Gasteiger partial charge in [0.25, 0.3) is 5.91 Å². The molecule has 1 heterocycles. The second kappa shape index (κ2) is 9.26. The molecule has 0 spiro atoms. The first kappa shape index (κ1) is 23.1. The fourth-order valence-electron chi connectivity index (χ4n) is 3.24. The molecule has 168 valence electrons. The predicted molar refractivity (Wildman–Crippen MR) is 126 cm³/mol. The van der Waals surface area contributed by atoms with Crippen molar-refractivity contribution in [3.05, 3.63) is 71.4 Å². The first-order chi connectivity index (χ1) is 15.1. The van der Waals surface area contributed by atoms with Crippen LogP contribution in [0.4, 0.5) is 5.82 Å². The first-order valence-electron chi connectivity index (χ1n) is 10.5. The summed E-state index contributed by atoms with van der Waals surface area (Å²) in [5.74, 6) is 0.690. The molecule has 0 saturated heterocycles. The number of hydrogen-bond donors (Lipinski definition) is 1. The topological polar surface area (TPSA) is 76.5 Å². The van der Waals surface area contributed by atoms with Crippen molar-refractivity contribution >= 4 is 17.6 Å². The monoisotopic (exact) mass is 434 g/mol. The number of aromatic nitrogens is 2. The third-order valence-corrected chi connectivity index (χ3v) is 5.15. The summed E-state index contributed by atoms with van der Waals surface area (Å²) in [7, 11) is 3.17. The molecule has 0 saturated carbocycles. The molecule has 0 unspecified atom stereocenters. The maximum absolute atomic E-state index is 12.8. The lowest BCUT2D eigenvalue weighted by Crippen LogP contribution is -2.35. The van der Waals surface area contributed by atoms with Crippen LogP contribution in [0.1, 0.15) is 42.4 Å². The molecule has 3 aromatic rings. The number of anilines is 1. The molecule has 7 heteroatoms. The minimum Gasteiger partial charge on any atom is -0.497 e. The minimum atomic E-state index is -0.301. The normalized spacial score (nSPS) is 11.2. The Kier molecular flexibility index (Phi) is 6.67. The number of rotatable bonds is 6. The van der Waals surface area contributed by atoms with E-state index in [1.807, 2.05) is 37.3 Å². The summed E-state index contributed by atoms with van der Waals surface area (Å²) in [6.07, 6.45) is 0. The summed E-state index contributed by atoms with van der Waals surface area (Å²) in [4.78, 5) is 26.9. The van der Waals surface area contributed by atoms with E-state index in [1.54, 1.807) is 43.1 Å². The zero-order valence-electron chi connectivity index (χ0n) is 19.5. The van der Waals surface area contributed by atoms with E-state index in [0.29, 0.717) is 17.1 Å². The number of nitrogens with zero attached hydrogens (tertiary/aromatic N) is 3. The summed E-state index contributed by atoms with van der Waals surface area (Å²) in [6, 6.07) is 16.5. The van der Waals surface area contributed by atoms with Crippen molar-refractivity contribution in [1.82, 2.24) is 14.7 Å². The molecular weight excluding hydrogens is 404 g/mol. The molecule has 0 aliphatic rings. The number of carbonyl (C=O) groups is 2. The number of para-hydroxylation sites is 1. The molecule has 2 amide bonds. The number of hydrogen-bond acceptors (Lipinski definition) is 4. The Balaban J connectivity index is 1.80. The van der Waals surface area contributed by atoms with E-state index in [2.05, 4.69) is 26.1 Å². The molecule has 7 nitrogen and oxygen atoms in total. The molecule has 0 fully saturated rings. The third kappa shape index (κ3) is 5.17. The van der Waals surface area contributed by atoms with Crippen LogP contribution in [-0.2, 0) is 10.2 Å². The fraction of sp³-hybridized carbons (Fsp3) is 0.320. The number of benzene rings is 2. The lowest BCUT2D eigenvalue weighted by Gasteiger charge is -2.17. The van der Waals surface area contributed by atoms with Gasteiger partial charge in [0, 0.05) is 24.1 Å². The van der Waals surface area contributed by atoms with Gasteiger partial charge in [0.2, 0.25) is 5.91 Å². The van der Waals surface area contributed by atoms with Gasteiger partial charge >= 0.3 is 0 Å². The molecular formula is C25H30N4O3. The number of methoxy groups -OCH3 is 1. The Morgan fingerprint density at radius 3 is 2.34 bits per heavy atom. The van der Waals surface area contributed by atoms with Crippen LogP contribution in [0.25, 0.3) is 5.69 Å². The van der Waals surface area contributed by atoms with E-state index < -0.39 is 0 Å². The molecule has 0 atom stereocenters. The largest absolute Gasteiger partial charge is 0.497 e. The van der Waals surface area contributed by atoms with Crippen molar-refractivity contribution in [2.45, 2.75) is 33.1 Å². The van der Waals surface area contributed by atoms with E-state index in [4.69, 9.17) is 9.84 Å². The Labute approximate surface area is 189 Å². The van der Waals surface area contributed by atoms with Crippen molar-refractivity contribution in [1.29, 1.82) is 0 Å². The Morgan fingerprint density at radius 1 is 1.09 bits per heavy atom. The second-order valence-corrected chi connectivity index (χ2v) is 8.80. The van der Waals surface area contributed by atoms with Crippen molar-refractivity contribution in [2.24, 2.45) is 0 Å². The number of amides is 2. The van der Waals surface area contributed by atoms with Gasteiger partial charge in [0.1, 0.15) is 11.6 Å².